The van der Waals surface area contributed by atoms with E-state index in [1.54, 1.807) is 33.9 Å². The van der Waals surface area contributed by atoms with Gasteiger partial charge in [-0.05, 0) is 50.5 Å². The zero-order chi connectivity index (χ0) is 35.9. The fourth-order valence-electron chi connectivity index (χ4n) is 8.15. The largest absolute Gasteiger partial charge is 0.455 e. The maximum atomic E-state index is 14.7. The van der Waals surface area contributed by atoms with Crippen LogP contribution in [0.25, 0.3) is 0 Å². The van der Waals surface area contributed by atoms with Crippen LogP contribution in [0.1, 0.15) is 90.7 Å². The summed E-state index contributed by atoms with van der Waals surface area (Å²) < 4.78 is 13.0. The zero-order valence-corrected chi connectivity index (χ0v) is 30.1. The van der Waals surface area contributed by atoms with Gasteiger partial charge in [-0.3, -0.25) is 19.2 Å². The van der Waals surface area contributed by atoms with E-state index >= 15 is 0 Å². The van der Waals surface area contributed by atoms with Crippen LogP contribution in [-0.4, -0.2) is 100 Å². The van der Waals surface area contributed by atoms with Gasteiger partial charge >= 0.3 is 5.97 Å². The van der Waals surface area contributed by atoms with Crippen molar-refractivity contribution in [3.8, 4) is 0 Å². The molecule has 3 aliphatic heterocycles. The third-order valence-electron chi connectivity index (χ3n) is 10.7. The number of carbonyl (C=O) groups is 4. The average Bonchev–Trinajstić information content (AvgIpc) is 3.74. The Morgan fingerprint density at radius 1 is 1.14 bits per heavy atom. The first-order valence-electron chi connectivity index (χ1n) is 18.1. The van der Waals surface area contributed by atoms with Gasteiger partial charge in [0.15, 0.2) is 0 Å². The summed E-state index contributed by atoms with van der Waals surface area (Å²) in [5, 5.41) is 10.6. The number of allylic oxidation sites excluding steroid dienone is 1. The highest BCUT2D eigenvalue weighted by molar-refractivity contribution is 5.98. The summed E-state index contributed by atoms with van der Waals surface area (Å²) in [5.74, 6) is -3.00. The van der Waals surface area contributed by atoms with Gasteiger partial charge in [-0.1, -0.05) is 76.1 Å². The summed E-state index contributed by atoms with van der Waals surface area (Å²) in [5.41, 5.74) is -0.495. The fraction of sp³-hybridized carbons (Fsp3) is 0.641. The Hall–Kier alpha value is -3.50. The number of carbonyl (C=O) groups excluding carboxylic acids is 4. The van der Waals surface area contributed by atoms with E-state index in [9.17, 15) is 24.3 Å². The molecule has 3 fully saturated rings. The monoisotopic (exact) mass is 679 g/mol. The standard InChI is InChI=1S/C39H57N3O7/c1-8-11-16-23-41(22-10-3)37(46)35-39-21-20-30(49-39)32(33(39)36(45)42(35)29(25-43)24-26(4)5)38(47)48-34(28-17-14-13-15-18-28)27(6)40(7)31(44)19-12-9-2/h9-10,13-15,17-18,26-27,29-30,32-35,43H,2-3,8,11-12,16,19-25H2,1,4-7H3/t27-,29+,30-,32+,33+,34+,35-,39+/m0/s1. The number of ether oxygens (including phenoxy) is 2. The average molecular weight is 680 g/mol. The molecule has 1 N–H and O–H groups in total. The van der Waals surface area contributed by atoms with Gasteiger partial charge in [0.05, 0.1) is 36.6 Å². The lowest BCUT2D eigenvalue weighted by atomic mass is 9.70. The Kier molecular flexibility index (Phi) is 13.2. The van der Waals surface area contributed by atoms with Crippen LogP contribution in [0, 0.1) is 17.8 Å². The van der Waals surface area contributed by atoms with Crippen molar-refractivity contribution in [1.82, 2.24) is 14.7 Å². The van der Waals surface area contributed by atoms with E-state index in [2.05, 4.69) is 20.1 Å². The van der Waals surface area contributed by atoms with Crippen LogP contribution in [0.4, 0.5) is 0 Å². The van der Waals surface area contributed by atoms with Crippen LogP contribution in [0.5, 0.6) is 0 Å². The molecule has 2 bridgehead atoms. The van der Waals surface area contributed by atoms with Crippen LogP contribution >= 0.6 is 0 Å². The van der Waals surface area contributed by atoms with E-state index in [1.165, 1.54) is 0 Å². The van der Waals surface area contributed by atoms with E-state index in [-0.39, 0.29) is 36.7 Å². The minimum atomic E-state index is -1.22. The number of esters is 1. The maximum Gasteiger partial charge on any atom is 0.313 e. The second kappa shape index (κ2) is 16.9. The topological polar surface area (TPSA) is 117 Å². The molecule has 10 nitrogen and oxygen atoms in total. The lowest BCUT2D eigenvalue weighted by molar-refractivity contribution is -0.165. The maximum absolute atomic E-state index is 14.7. The molecule has 1 aromatic rings. The molecular weight excluding hydrogens is 622 g/mol. The van der Waals surface area contributed by atoms with Crippen LogP contribution in [0.15, 0.2) is 55.6 Å². The molecule has 8 atom stereocenters. The van der Waals surface area contributed by atoms with Crippen LogP contribution in [0.3, 0.4) is 0 Å². The molecule has 3 amide bonds. The van der Waals surface area contributed by atoms with Crippen molar-refractivity contribution >= 4 is 23.7 Å². The Bertz CT molecular complexity index is 1330. The number of rotatable bonds is 19. The first kappa shape index (κ1) is 38.3. The normalized spacial score (nSPS) is 25.9. The predicted octanol–water partition coefficient (Wildman–Crippen LogP) is 5.07. The molecule has 0 saturated carbocycles. The molecule has 0 unspecified atom stereocenters. The lowest BCUT2D eigenvalue weighted by Gasteiger charge is -2.39. The molecular formula is C39H57N3O7. The number of likely N-dealkylation sites (N-methyl/N-ethyl adjacent to an activating group) is 1. The molecule has 10 heteroatoms. The Balaban J connectivity index is 1.71. The van der Waals surface area contributed by atoms with E-state index in [0.717, 1.165) is 24.8 Å². The molecule has 3 heterocycles. The number of unbranched alkanes of at least 4 members (excludes halogenated alkanes) is 2. The first-order valence-corrected chi connectivity index (χ1v) is 18.1. The van der Waals surface area contributed by atoms with E-state index in [0.29, 0.717) is 38.8 Å². The van der Waals surface area contributed by atoms with Crippen LogP contribution in [0.2, 0.25) is 0 Å². The van der Waals surface area contributed by atoms with Gasteiger partial charge in [-0.25, -0.2) is 0 Å². The highest BCUT2D eigenvalue weighted by Gasteiger charge is 2.75. The van der Waals surface area contributed by atoms with E-state index in [1.807, 2.05) is 51.1 Å². The number of aliphatic hydroxyl groups is 1. The Morgan fingerprint density at radius 3 is 2.47 bits per heavy atom. The number of nitrogens with zero attached hydrogens (tertiary/aromatic N) is 3. The molecule has 3 saturated heterocycles. The van der Waals surface area contributed by atoms with E-state index in [4.69, 9.17) is 9.47 Å². The molecule has 49 heavy (non-hydrogen) atoms. The van der Waals surface area contributed by atoms with Crippen molar-refractivity contribution in [3.63, 3.8) is 0 Å². The first-order chi connectivity index (χ1) is 23.5. The zero-order valence-electron chi connectivity index (χ0n) is 30.1. The fourth-order valence-corrected chi connectivity index (χ4v) is 8.15. The minimum absolute atomic E-state index is 0.0993. The SMILES string of the molecule is C=CCCC(=O)N(C)[C@@H](C)[C@@H](OC(=O)[C@@H]1[C@@H]2CC[C@]3(O2)[C@H](C(=O)N(CC=C)CCCCC)N([C@@H](CO)CC(C)C)C(=O)[C@@H]13)c1ccccc1. The van der Waals surface area contributed by atoms with Crippen molar-refractivity contribution in [3.05, 3.63) is 61.2 Å². The summed E-state index contributed by atoms with van der Waals surface area (Å²) in [4.78, 5) is 61.6. The number of benzene rings is 1. The van der Waals surface area contributed by atoms with Gasteiger partial charge in [0.25, 0.3) is 0 Å². The molecule has 1 spiro atoms. The lowest BCUT2D eigenvalue weighted by Crippen LogP contribution is -2.59. The summed E-state index contributed by atoms with van der Waals surface area (Å²) in [6.07, 6.45) is 6.99. The number of aliphatic hydroxyl groups excluding tert-OH is 1. The summed E-state index contributed by atoms with van der Waals surface area (Å²) in [6.45, 7) is 16.1. The van der Waals surface area contributed by atoms with Crippen LogP contribution in [-0.2, 0) is 28.7 Å². The second-order valence-electron chi connectivity index (χ2n) is 14.4. The summed E-state index contributed by atoms with van der Waals surface area (Å²) in [7, 11) is 1.70. The number of likely N-dealkylation sites (tertiary alicyclic amines) is 1. The molecule has 0 aromatic heterocycles. The number of fused-ring (bicyclic) bond motifs is 1. The Morgan fingerprint density at radius 2 is 1.86 bits per heavy atom. The van der Waals surface area contributed by atoms with E-state index < -0.39 is 53.7 Å². The number of hydrogen-bond donors (Lipinski definition) is 1. The Labute approximate surface area is 292 Å². The quantitative estimate of drug-likeness (QED) is 0.123. The molecule has 270 valence electrons. The van der Waals surface area contributed by atoms with Gasteiger partial charge in [0.2, 0.25) is 17.7 Å². The second-order valence-corrected chi connectivity index (χ2v) is 14.4. The van der Waals surface area contributed by atoms with Gasteiger partial charge in [-0.2, -0.15) is 0 Å². The van der Waals surface area contributed by atoms with Crippen molar-refractivity contribution in [2.45, 2.75) is 115 Å². The third kappa shape index (κ3) is 7.80. The molecule has 3 aliphatic rings. The van der Waals surface area contributed by atoms with Gasteiger partial charge in [0, 0.05) is 26.6 Å². The third-order valence-corrected chi connectivity index (χ3v) is 10.7. The van der Waals surface area contributed by atoms with Crippen molar-refractivity contribution in [2.75, 3.05) is 26.7 Å². The molecule has 0 aliphatic carbocycles. The van der Waals surface area contributed by atoms with Gasteiger partial charge in [-0.15, -0.1) is 13.2 Å². The molecule has 4 rings (SSSR count). The van der Waals surface area contributed by atoms with Crippen molar-refractivity contribution in [1.29, 1.82) is 0 Å². The van der Waals surface area contributed by atoms with Gasteiger partial charge < -0.3 is 29.3 Å². The summed E-state index contributed by atoms with van der Waals surface area (Å²) >= 11 is 0. The number of hydrogen-bond acceptors (Lipinski definition) is 7. The molecule has 1 aromatic carbocycles. The summed E-state index contributed by atoms with van der Waals surface area (Å²) in [6, 6.07) is 7.18. The highest BCUT2D eigenvalue weighted by atomic mass is 16.6. The van der Waals surface area contributed by atoms with Gasteiger partial charge in [0.1, 0.15) is 17.7 Å². The molecule has 0 radical (unpaired) electrons. The number of amides is 3. The van der Waals surface area contributed by atoms with Crippen LogP contribution < -0.4 is 0 Å². The van der Waals surface area contributed by atoms with Crippen molar-refractivity contribution in [2.24, 2.45) is 17.8 Å². The van der Waals surface area contributed by atoms with Crippen molar-refractivity contribution < 1.29 is 33.8 Å². The highest BCUT2D eigenvalue weighted by Crippen LogP contribution is 2.59. The smallest absolute Gasteiger partial charge is 0.313 e. The predicted molar refractivity (Wildman–Crippen MR) is 188 cm³/mol. The minimum Gasteiger partial charge on any atom is -0.455 e.